The van der Waals surface area contributed by atoms with Gasteiger partial charge in [0.05, 0.1) is 33.4 Å². The minimum atomic E-state index is -4.75. The van der Waals surface area contributed by atoms with Gasteiger partial charge in [-0.05, 0) is 66.9 Å². The van der Waals surface area contributed by atoms with Crippen molar-refractivity contribution in [2.75, 3.05) is 25.4 Å². The Kier molecular flexibility index (Phi) is 8.51. The maximum Gasteiger partial charge on any atom is 0.416 e. The van der Waals surface area contributed by atoms with Gasteiger partial charge in [0.2, 0.25) is 0 Å². The van der Waals surface area contributed by atoms with Crippen LogP contribution < -0.4 is 10.9 Å². The summed E-state index contributed by atoms with van der Waals surface area (Å²) in [6, 6.07) is 5.28. The normalized spacial score (nSPS) is 17.3. The highest BCUT2D eigenvalue weighted by molar-refractivity contribution is 7.91. The van der Waals surface area contributed by atoms with Crippen molar-refractivity contribution in [3.63, 3.8) is 0 Å². The maximum absolute atomic E-state index is 14.5. The summed E-state index contributed by atoms with van der Waals surface area (Å²) in [5.41, 5.74) is -1.11. The molecule has 1 aromatic heterocycles. The fourth-order valence-electron chi connectivity index (χ4n) is 5.16. The molecule has 0 spiro atoms. The van der Waals surface area contributed by atoms with E-state index in [1.165, 1.54) is 25.1 Å². The van der Waals surface area contributed by atoms with E-state index in [2.05, 4.69) is 15.3 Å². The summed E-state index contributed by atoms with van der Waals surface area (Å²) in [6.45, 7) is 5.40. The lowest BCUT2D eigenvalue weighted by atomic mass is 9.91. The lowest BCUT2D eigenvalue weighted by Crippen LogP contribution is -2.45. The van der Waals surface area contributed by atoms with Crippen LogP contribution >= 0.6 is 11.6 Å². The number of benzene rings is 2. The second kappa shape index (κ2) is 11.3. The fraction of sp³-hybridized carbons (Fsp3) is 0.462. The molecule has 2 aromatic carbocycles. The average Bonchev–Trinajstić information content (AvgIpc) is 2.85. The minimum absolute atomic E-state index is 0.00376. The molecule has 0 saturated carbocycles. The second-order valence-corrected chi connectivity index (χ2v) is 12.2. The van der Waals surface area contributed by atoms with Crippen LogP contribution in [0.2, 0.25) is 5.02 Å². The summed E-state index contributed by atoms with van der Waals surface area (Å²) in [6.07, 6.45) is -2.03. The first-order valence-corrected chi connectivity index (χ1v) is 14.5. The number of halogens is 4. The summed E-state index contributed by atoms with van der Waals surface area (Å²) < 4.78 is 69.2. The largest absolute Gasteiger partial charge is 0.416 e. The number of sulfone groups is 1. The molecule has 38 heavy (non-hydrogen) atoms. The number of H-pyrrole nitrogens is 1. The summed E-state index contributed by atoms with van der Waals surface area (Å²) in [7, 11) is -3.71. The monoisotopic (exact) mass is 570 g/mol. The highest BCUT2D eigenvalue weighted by Gasteiger charge is 2.37. The topological polar surface area (TPSA) is 95.2 Å². The number of nitrogens with zero attached hydrogens (tertiary/aromatic N) is 2. The molecule has 1 saturated heterocycles. The minimum Gasteiger partial charge on any atom is -0.313 e. The second-order valence-electron chi connectivity index (χ2n) is 9.47. The molecule has 1 fully saturated rings. The van der Waals surface area contributed by atoms with Crippen molar-refractivity contribution >= 4 is 32.3 Å². The molecule has 1 aliphatic rings. The first kappa shape index (κ1) is 28.5. The third-order valence-electron chi connectivity index (χ3n) is 6.94. The number of likely N-dealkylation sites (tertiary alicyclic amines) is 1. The number of fused-ring (bicyclic) bond motifs is 1. The molecule has 2 heterocycles. The van der Waals surface area contributed by atoms with Gasteiger partial charge in [-0.25, -0.2) is 13.4 Å². The van der Waals surface area contributed by atoms with Gasteiger partial charge in [-0.3, -0.25) is 9.69 Å². The predicted octanol–water partition coefficient (Wildman–Crippen LogP) is 4.55. The van der Waals surface area contributed by atoms with Crippen LogP contribution in [0.15, 0.2) is 40.3 Å². The van der Waals surface area contributed by atoms with Gasteiger partial charge in [0.1, 0.15) is 0 Å². The molecular formula is C26H30ClF3N4O3S. The van der Waals surface area contributed by atoms with Gasteiger partial charge >= 0.3 is 6.18 Å². The van der Waals surface area contributed by atoms with E-state index in [0.29, 0.717) is 13.1 Å². The Bertz CT molecular complexity index is 1490. The van der Waals surface area contributed by atoms with E-state index < -0.39 is 27.1 Å². The lowest BCUT2D eigenvalue weighted by molar-refractivity contribution is -0.138. The molecule has 0 radical (unpaired) electrons. The van der Waals surface area contributed by atoms with Gasteiger partial charge in [0.25, 0.3) is 5.56 Å². The molecule has 0 bridgehead atoms. The Morgan fingerprint density at radius 3 is 2.66 bits per heavy atom. The van der Waals surface area contributed by atoms with Gasteiger partial charge in [-0.1, -0.05) is 25.4 Å². The zero-order chi connectivity index (χ0) is 27.7. The molecule has 12 heteroatoms. The Labute approximate surface area is 224 Å². The van der Waals surface area contributed by atoms with Crippen LogP contribution in [-0.4, -0.2) is 54.7 Å². The number of hydrogen-bond acceptors (Lipinski definition) is 6. The Morgan fingerprint density at radius 2 is 1.97 bits per heavy atom. The van der Waals surface area contributed by atoms with Crippen molar-refractivity contribution in [2.24, 2.45) is 0 Å². The van der Waals surface area contributed by atoms with Crippen LogP contribution in [-0.2, 0) is 29.0 Å². The molecule has 0 aliphatic carbocycles. The van der Waals surface area contributed by atoms with Gasteiger partial charge in [0.15, 0.2) is 9.84 Å². The van der Waals surface area contributed by atoms with Crippen molar-refractivity contribution in [2.45, 2.75) is 56.8 Å². The van der Waals surface area contributed by atoms with Crippen molar-refractivity contribution in [1.29, 1.82) is 0 Å². The number of likely N-dealkylation sites (N-methyl/N-ethyl adjacent to an activating group) is 1. The molecule has 2 N–H and O–H groups in total. The smallest absolute Gasteiger partial charge is 0.313 e. The van der Waals surface area contributed by atoms with Crippen LogP contribution in [0.25, 0.3) is 10.9 Å². The fourth-order valence-corrected chi connectivity index (χ4v) is 6.47. The van der Waals surface area contributed by atoms with Gasteiger partial charge in [-0.2, -0.15) is 13.2 Å². The first-order chi connectivity index (χ1) is 17.9. The standard InChI is InChI=1S/C26H30ClF3N4O3S/c1-3-31-18-6-5-9-34(13-18)14-21-19(11-16-10-17(27)7-8-23(16)38(36,37)4-2)24-20(25(35)33-15-32-24)12-22(21)26(28,29)30/h7-8,10,12,15,18,31H,3-6,9,11,13-14H2,1-2H3,(H,32,33,35)/t18-/m0/s1. The van der Waals surface area contributed by atoms with Gasteiger partial charge < -0.3 is 10.3 Å². The third-order valence-corrected chi connectivity index (χ3v) is 9.01. The van der Waals surface area contributed by atoms with Crippen LogP contribution in [0.4, 0.5) is 13.2 Å². The van der Waals surface area contributed by atoms with E-state index in [1.807, 2.05) is 11.8 Å². The maximum atomic E-state index is 14.5. The molecule has 0 amide bonds. The molecular weight excluding hydrogens is 541 g/mol. The van der Waals surface area contributed by atoms with E-state index in [0.717, 1.165) is 31.8 Å². The lowest BCUT2D eigenvalue weighted by Gasteiger charge is -2.34. The molecule has 206 valence electrons. The van der Waals surface area contributed by atoms with Gasteiger partial charge in [0, 0.05) is 30.6 Å². The van der Waals surface area contributed by atoms with Crippen molar-refractivity contribution in [3.05, 3.63) is 68.2 Å². The van der Waals surface area contributed by atoms with E-state index in [9.17, 15) is 26.4 Å². The quantitative estimate of drug-likeness (QED) is 0.412. The number of nitrogens with one attached hydrogen (secondary N) is 2. The van der Waals surface area contributed by atoms with E-state index in [4.69, 9.17) is 11.6 Å². The number of aromatic amines is 1. The number of rotatable bonds is 8. The highest BCUT2D eigenvalue weighted by Crippen LogP contribution is 2.38. The summed E-state index contributed by atoms with van der Waals surface area (Å²) >= 11 is 6.20. The zero-order valence-electron chi connectivity index (χ0n) is 21.2. The predicted molar refractivity (Wildman–Crippen MR) is 141 cm³/mol. The van der Waals surface area contributed by atoms with Gasteiger partial charge in [-0.15, -0.1) is 0 Å². The summed E-state index contributed by atoms with van der Waals surface area (Å²) in [5, 5.41) is 3.42. The van der Waals surface area contributed by atoms with Crippen LogP contribution in [0.1, 0.15) is 48.9 Å². The van der Waals surface area contributed by atoms with Crippen LogP contribution in [0.5, 0.6) is 0 Å². The molecule has 0 unspecified atom stereocenters. The summed E-state index contributed by atoms with van der Waals surface area (Å²) in [4.78, 5) is 21.2. The number of aromatic nitrogens is 2. The third kappa shape index (κ3) is 6.06. The molecule has 7 nitrogen and oxygen atoms in total. The Hall–Kier alpha value is -2.47. The number of piperidine rings is 1. The van der Waals surface area contributed by atoms with Crippen molar-refractivity contribution < 1.29 is 21.6 Å². The van der Waals surface area contributed by atoms with E-state index in [1.54, 1.807) is 0 Å². The number of alkyl halides is 3. The van der Waals surface area contributed by atoms with Crippen LogP contribution in [0.3, 0.4) is 0 Å². The van der Waals surface area contributed by atoms with Crippen molar-refractivity contribution in [1.82, 2.24) is 20.2 Å². The van der Waals surface area contributed by atoms with E-state index in [-0.39, 0.29) is 62.3 Å². The Balaban J connectivity index is 1.95. The average molecular weight is 571 g/mol. The number of hydrogen-bond donors (Lipinski definition) is 2. The highest BCUT2D eigenvalue weighted by atomic mass is 35.5. The summed E-state index contributed by atoms with van der Waals surface area (Å²) in [5.74, 6) is -0.185. The Morgan fingerprint density at radius 1 is 1.21 bits per heavy atom. The van der Waals surface area contributed by atoms with E-state index >= 15 is 0 Å². The molecule has 4 rings (SSSR count). The molecule has 1 atom stereocenters. The molecule has 3 aromatic rings. The van der Waals surface area contributed by atoms with Crippen LogP contribution in [0, 0.1) is 0 Å². The zero-order valence-corrected chi connectivity index (χ0v) is 22.7. The first-order valence-electron chi connectivity index (χ1n) is 12.5. The van der Waals surface area contributed by atoms with Crippen molar-refractivity contribution in [3.8, 4) is 0 Å². The molecule has 1 aliphatic heterocycles. The SMILES string of the molecule is CCN[C@H]1CCCN(Cc2c(C(F)(F)F)cc3c(=O)[nH]cnc3c2Cc2cc(Cl)ccc2S(=O)(=O)CC)C1.